The second-order valence-electron chi connectivity index (χ2n) is 6.14. The van der Waals surface area contributed by atoms with E-state index in [-0.39, 0.29) is 12.5 Å². The van der Waals surface area contributed by atoms with Gasteiger partial charge in [0.05, 0.1) is 11.9 Å². The van der Waals surface area contributed by atoms with E-state index < -0.39 is 10.0 Å². The molecule has 146 valence electrons. The van der Waals surface area contributed by atoms with Crippen molar-refractivity contribution in [1.29, 1.82) is 0 Å². The number of carbonyl (C=O) groups excluding carboxylic acids is 1. The maximum absolute atomic E-state index is 12.2. The zero-order valence-corrected chi connectivity index (χ0v) is 17.7. The van der Waals surface area contributed by atoms with Crippen LogP contribution in [0.5, 0.6) is 0 Å². The number of anilines is 1. The van der Waals surface area contributed by atoms with Gasteiger partial charge in [0.2, 0.25) is 15.9 Å². The Morgan fingerprint density at radius 2 is 1.89 bits per heavy atom. The van der Waals surface area contributed by atoms with Gasteiger partial charge in [0.25, 0.3) is 0 Å². The van der Waals surface area contributed by atoms with E-state index in [4.69, 9.17) is 11.6 Å². The van der Waals surface area contributed by atoms with Crippen LogP contribution < -0.4 is 9.62 Å². The summed E-state index contributed by atoms with van der Waals surface area (Å²) < 4.78 is 25.3. The third-order valence-corrected chi connectivity index (χ3v) is 6.15. The number of sulfonamides is 1. The molecule has 0 radical (unpaired) electrons. The van der Waals surface area contributed by atoms with Crippen LogP contribution in [0.25, 0.3) is 0 Å². The van der Waals surface area contributed by atoms with Crippen molar-refractivity contribution in [2.24, 2.45) is 0 Å². The Kier molecular flexibility index (Phi) is 8.01. The second kappa shape index (κ2) is 10.0. The van der Waals surface area contributed by atoms with Crippen molar-refractivity contribution in [2.45, 2.75) is 12.7 Å². The molecule has 0 unspecified atom stereocenters. The summed E-state index contributed by atoms with van der Waals surface area (Å²) in [6, 6.07) is 14.7. The molecule has 8 heteroatoms. The van der Waals surface area contributed by atoms with Gasteiger partial charge in [-0.3, -0.25) is 9.10 Å². The number of nitrogens with one attached hydrogen (secondary N) is 1. The van der Waals surface area contributed by atoms with Crippen LogP contribution in [0.3, 0.4) is 0 Å². The maximum atomic E-state index is 12.2. The van der Waals surface area contributed by atoms with Crippen LogP contribution in [-0.2, 0) is 20.6 Å². The standard InChI is InChI=1S/C19H23ClN2O3S2/c1-15-4-3-5-18(12-15)22(27(2,24)25)13-19(23)21-10-11-26-14-16-6-8-17(20)9-7-16/h3-9,12H,10-11,13-14H2,1-2H3,(H,21,23). The first-order valence-corrected chi connectivity index (χ1v) is 11.8. The number of amides is 1. The molecule has 0 aliphatic heterocycles. The van der Waals surface area contributed by atoms with E-state index in [0.717, 1.165) is 27.6 Å². The molecular weight excluding hydrogens is 404 g/mol. The topological polar surface area (TPSA) is 66.5 Å². The number of hydrogen-bond acceptors (Lipinski definition) is 4. The highest BCUT2D eigenvalue weighted by molar-refractivity contribution is 7.98. The summed E-state index contributed by atoms with van der Waals surface area (Å²) in [4.78, 5) is 12.2. The average Bonchev–Trinajstić information content (AvgIpc) is 2.60. The fourth-order valence-corrected chi connectivity index (χ4v) is 4.20. The van der Waals surface area contributed by atoms with Crippen molar-refractivity contribution < 1.29 is 13.2 Å². The molecule has 27 heavy (non-hydrogen) atoms. The highest BCUT2D eigenvalue weighted by atomic mass is 35.5. The van der Waals surface area contributed by atoms with Crippen LogP contribution in [0.2, 0.25) is 5.02 Å². The largest absolute Gasteiger partial charge is 0.354 e. The van der Waals surface area contributed by atoms with E-state index in [1.807, 2.05) is 37.3 Å². The minimum absolute atomic E-state index is 0.232. The summed E-state index contributed by atoms with van der Waals surface area (Å²) in [6.45, 7) is 2.12. The van der Waals surface area contributed by atoms with E-state index in [1.54, 1.807) is 30.0 Å². The molecule has 0 spiro atoms. The van der Waals surface area contributed by atoms with Gasteiger partial charge in [0.15, 0.2) is 0 Å². The van der Waals surface area contributed by atoms with Crippen LogP contribution in [0, 0.1) is 6.92 Å². The smallest absolute Gasteiger partial charge is 0.240 e. The van der Waals surface area contributed by atoms with Gasteiger partial charge in [0.1, 0.15) is 6.54 Å². The summed E-state index contributed by atoms with van der Waals surface area (Å²) in [5, 5.41) is 3.49. The Labute approximate surface area is 170 Å². The molecular formula is C19H23ClN2O3S2. The third kappa shape index (κ3) is 7.44. The monoisotopic (exact) mass is 426 g/mol. The molecule has 0 heterocycles. The lowest BCUT2D eigenvalue weighted by Gasteiger charge is -2.22. The summed E-state index contributed by atoms with van der Waals surface area (Å²) in [5.41, 5.74) is 2.59. The molecule has 2 aromatic rings. The zero-order chi connectivity index (χ0) is 19.9. The predicted molar refractivity (Wildman–Crippen MR) is 114 cm³/mol. The molecule has 5 nitrogen and oxygen atoms in total. The SMILES string of the molecule is Cc1cccc(N(CC(=O)NCCSCc2ccc(Cl)cc2)S(C)(=O)=O)c1. The molecule has 2 rings (SSSR count). The summed E-state index contributed by atoms with van der Waals surface area (Å²) in [6.07, 6.45) is 1.10. The fraction of sp³-hybridized carbons (Fsp3) is 0.316. The molecule has 0 aliphatic carbocycles. The van der Waals surface area contributed by atoms with Gasteiger partial charge in [-0.1, -0.05) is 35.9 Å². The second-order valence-corrected chi connectivity index (χ2v) is 9.59. The molecule has 0 fully saturated rings. The van der Waals surface area contributed by atoms with Crippen molar-refractivity contribution in [1.82, 2.24) is 5.32 Å². The molecule has 1 N–H and O–H groups in total. The first-order valence-electron chi connectivity index (χ1n) is 8.39. The van der Waals surface area contributed by atoms with Crippen LogP contribution in [0.15, 0.2) is 48.5 Å². The number of halogens is 1. The lowest BCUT2D eigenvalue weighted by molar-refractivity contribution is -0.119. The Bertz CT molecular complexity index is 871. The van der Waals surface area contributed by atoms with Gasteiger partial charge in [-0.25, -0.2) is 8.42 Å². The van der Waals surface area contributed by atoms with E-state index in [0.29, 0.717) is 17.3 Å². The minimum atomic E-state index is -3.55. The summed E-state index contributed by atoms with van der Waals surface area (Å²) >= 11 is 7.54. The number of thioether (sulfide) groups is 1. The van der Waals surface area contributed by atoms with Gasteiger partial charge in [-0.15, -0.1) is 0 Å². The minimum Gasteiger partial charge on any atom is -0.354 e. The van der Waals surface area contributed by atoms with Crippen molar-refractivity contribution in [2.75, 3.05) is 29.4 Å². The Morgan fingerprint density at radius 3 is 2.52 bits per heavy atom. The number of aryl methyl sites for hydroxylation is 1. The predicted octanol–water partition coefficient (Wildman–Crippen LogP) is 3.46. The van der Waals surface area contributed by atoms with Crippen LogP contribution in [0.4, 0.5) is 5.69 Å². The first kappa shape index (κ1) is 21.6. The lowest BCUT2D eigenvalue weighted by Crippen LogP contribution is -2.41. The van der Waals surface area contributed by atoms with Crippen molar-refractivity contribution in [3.8, 4) is 0 Å². The van der Waals surface area contributed by atoms with Crippen molar-refractivity contribution in [3.05, 3.63) is 64.7 Å². The molecule has 0 bridgehead atoms. The highest BCUT2D eigenvalue weighted by Crippen LogP contribution is 2.18. The van der Waals surface area contributed by atoms with Gasteiger partial charge in [-0.05, 0) is 42.3 Å². The van der Waals surface area contributed by atoms with E-state index >= 15 is 0 Å². The van der Waals surface area contributed by atoms with Crippen molar-refractivity contribution in [3.63, 3.8) is 0 Å². The summed E-state index contributed by atoms with van der Waals surface area (Å²) in [7, 11) is -3.55. The van der Waals surface area contributed by atoms with Crippen molar-refractivity contribution >= 4 is 45.0 Å². The molecule has 0 saturated carbocycles. The Hall–Kier alpha value is -1.70. The molecule has 0 aliphatic rings. The van der Waals surface area contributed by atoms with Crippen LogP contribution in [0.1, 0.15) is 11.1 Å². The molecule has 0 saturated heterocycles. The molecule has 0 aromatic heterocycles. The number of benzene rings is 2. The van der Waals surface area contributed by atoms with Crippen LogP contribution >= 0.6 is 23.4 Å². The zero-order valence-electron chi connectivity index (χ0n) is 15.3. The number of hydrogen-bond donors (Lipinski definition) is 1. The molecule has 1 amide bonds. The molecule has 0 atom stereocenters. The van der Waals surface area contributed by atoms with E-state index in [2.05, 4.69) is 5.32 Å². The number of rotatable bonds is 9. The van der Waals surface area contributed by atoms with Gasteiger partial charge in [-0.2, -0.15) is 11.8 Å². The van der Waals surface area contributed by atoms with E-state index in [1.165, 1.54) is 5.56 Å². The summed E-state index contributed by atoms with van der Waals surface area (Å²) in [5.74, 6) is 1.23. The van der Waals surface area contributed by atoms with Gasteiger partial charge < -0.3 is 5.32 Å². The quantitative estimate of drug-likeness (QED) is 0.623. The normalized spacial score (nSPS) is 11.2. The Balaban J connectivity index is 1.81. The number of carbonyl (C=O) groups is 1. The van der Waals surface area contributed by atoms with Crippen LogP contribution in [-0.4, -0.2) is 39.4 Å². The fourth-order valence-electron chi connectivity index (χ4n) is 2.40. The highest BCUT2D eigenvalue weighted by Gasteiger charge is 2.20. The lowest BCUT2D eigenvalue weighted by atomic mass is 10.2. The molecule has 2 aromatic carbocycles. The average molecular weight is 427 g/mol. The number of nitrogens with zero attached hydrogens (tertiary/aromatic N) is 1. The van der Waals surface area contributed by atoms with Gasteiger partial charge >= 0.3 is 0 Å². The first-order chi connectivity index (χ1) is 12.8. The van der Waals surface area contributed by atoms with E-state index in [9.17, 15) is 13.2 Å². The maximum Gasteiger partial charge on any atom is 0.240 e. The van der Waals surface area contributed by atoms with Gasteiger partial charge in [0, 0.05) is 23.1 Å². The third-order valence-electron chi connectivity index (χ3n) is 3.73. The Morgan fingerprint density at radius 1 is 1.19 bits per heavy atom.